The van der Waals surface area contributed by atoms with E-state index < -0.39 is 0 Å². The molecule has 1 N–H and O–H groups in total. The van der Waals surface area contributed by atoms with Crippen LogP contribution < -0.4 is 5.43 Å². The third-order valence-electron chi connectivity index (χ3n) is 3.86. The molecule has 0 aromatic heterocycles. The average molecular weight is 343 g/mol. The predicted molar refractivity (Wildman–Crippen MR) is 101 cm³/mol. The van der Waals surface area contributed by atoms with Crippen molar-refractivity contribution in [3.63, 3.8) is 0 Å². The molecule has 0 heterocycles. The van der Waals surface area contributed by atoms with E-state index in [1.165, 1.54) is 5.56 Å². The number of hydrogen-bond acceptors (Lipinski definition) is 2. The van der Waals surface area contributed by atoms with Crippen LogP contribution in [-0.4, -0.2) is 11.6 Å². The molecule has 0 aliphatic rings. The van der Waals surface area contributed by atoms with E-state index >= 15 is 0 Å². The molecule has 24 heavy (non-hydrogen) atoms. The van der Waals surface area contributed by atoms with Crippen LogP contribution in [0.4, 0.5) is 0 Å². The third-order valence-corrected chi connectivity index (χ3v) is 4.18. The molecule has 4 heteroatoms. The molecule has 0 aliphatic carbocycles. The Bertz CT molecular complexity index is 771. The van der Waals surface area contributed by atoms with Crippen molar-refractivity contribution in [3.05, 3.63) is 69.7 Å². The number of rotatable bonds is 3. The summed E-state index contributed by atoms with van der Waals surface area (Å²) >= 11 is 6.11. The summed E-state index contributed by atoms with van der Waals surface area (Å²) in [5.41, 5.74) is 7.08. The summed E-state index contributed by atoms with van der Waals surface area (Å²) in [7, 11) is 0. The molecule has 0 saturated carbocycles. The highest BCUT2D eigenvalue weighted by molar-refractivity contribution is 6.33. The second-order valence-corrected chi connectivity index (χ2v) is 7.36. The van der Waals surface area contributed by atoms with Gasteiger partial charge in [-0.2, -0.15) is 5.10 Å². The lowest BCUT2D eigenvalue weighted by molar-refractivity contribution is 0.0955. The number of carbonyl (C=O) groups is 1. The zero-order chi connectivity index (χ0) is 17.9. The Balaban J connectivity index is 2.12. The lowest BCUT2D eigenvalue weighted by atomic mass is 9.86. The van der Waals surface area contributed by atoms with Crippen LogP contribution in [0.1, 0.15) is 54.7 Å². The number of nitrogens with zero attached hydrogens (tertiary/aromatic N) is 1. The van der Waals surface area contributed by atoms with E-state index in [0.717, 1.165) is 16.8 Å². The topological polar surface area (TPSA) is 41.5 Å². The van der Waals surface area contributed by atoms with Crippen LogP contribution in [0.3, 0.4) is 0 Å². The molecular formula is C20H23ClN2O. The van der Waals surface area contributed by atoms with Crippen molar-refractivity contribution in [2.24, 2.45) is 5.10 Å². The van der Waals surface area contributed by atoms with E-state index in [2.05, 4.69) is 43.4 Å². The minimum Gasteiger partial charge on any atom is -0.267 e. The fourth-order valence-electron chi connectivity index (χ4n) is 2.28. The zero-order valence-corrected chi connectivity index (χ0v) is 15.5. The Morgan fingerprint density at radius 2 is 1.71 bits per heavy atom. The van der Waals surface area contributed by atoms with Gasteiger partial charge >= 0.3 is 0 Å². The molecular weight excluding hydrogens is 320 g/mol. The predicted octanol–water partition coefficient (Wildman–Crippen LogP) is 5.10. The third kappa shape index (κ3) is 4.45. The molecule has 3 nitrogen and oxygen atoms in total. The summed E-state index contributed by atoms with van der Waals surface area (Å²) < 4.78 is 0. The maximum atomic E-state index is 12.2. The van der Waals surface area contributed by atoms with Crippen LogP contribution >= 0.6 is 11.6 Å². The lowest BCUT2D eigenvalue weighted by Gasteiger charge is -2.19. The first kappa shape index (κ1) is 18.2. The quantitative estimate of drug-likeness (QED) is 0.612. The zero-order valence-electron chi connectivity index (χ0n) is 14.8. The summed E-state index contributed by atoms with van der Waals surface area (Å²) in [6, 6.07) is 13.5. The molecule has 126 valence electrons. The SMILES string of the molecule is C/C(=N/NC(=O)c1ccc(C)cc1Cl)c1ccc(C(C)(C)C)cc1. The fourth-order valence-corrected chi connectivity index (χ4v) is 2.60. The minimum atomic E-state index is -0.314. The number of aryl methyl sites for hydroxylation is 1. The van der Waals surface area contributed by atoms with Gasteiger partial charge in [-0.25, -0.2) is 5.43 Å². The van der Waals surface area contributed by atoms with Crippen molar-refractivity contribution in [3.8, 4) is 0 Å². The molecule has 0 spiro atoms. The Hall–Kier alpha value is -2.13. The highest BCUT2D eigenvalue weighted by atomic mass is 35.5. The number of halogens is 1. The lowest BCUT2D eigenvalue weighted by Crippen LogP contribution is -2.20. The minimum absolute atomic E-state index is 0.111. The van der Waals surface area contributed by atoms with E-state index in [1.807, 2.05) is 32.0 Å². The van der Waals surface area contributed by atoms with Crippen LogP contribution in [0.2, 0.25) is 5.02 Å². The van der Waals surface area contributed by atoms with Gasteiger partial charge in [0.15, 0.2) is 0 Å². The van der Waals surface area contributed by atoms with Crippen molar-refractivity contribution in [2.75, 3.05) is 0 Å². The summed E-state index contributed by atoms with van der Waals surface area (Å²) in [6.07, 6.45) is 0. The van der Waals surface area contributed by atoms with E-state index in [9.17, 15) is 4.79 Å². The molecule has 0 bridgehead atoms. The Morgan fingerprint density at radius 3 is 2.25 bits per heavy atom. The highest BCUT2D eigenvalue weighted by Crippen LogP contribution is 2.22. The first-order valence-electron chi connectivity index (χ1n) is 7.90. The number of carbonyl (C=O) groups excluding carboxylic acids is 1. The standard InChI is InChI=1S/C20H23ClN2O/c1-13-6-11-17(18(21)12-13)19(24)23-22-14(2)15-7-9-16(10-8-15)20(3,4)5/h6-12H,1-5H3,(H,23,24)/b22-14-. The van der Waals surface area contributed by atoms with E-state index in [1.54, 1.807) is 12.1 Å². The number of hydrazone groups is 1. The maximum Gasteiger partial charge on any atom is 0.272 e. The van der Waals surface area contributed by atoms with Gasteiger partial charge in [-0.1, -0.05) is 62.7 Å². The van der Waals surface area contributed by atoms with Gasteiger partial charge < -0.3 is 0 Å². The van der Waals surface area contributed by atoms with E-state index in [4.69, 9.17) is 11.6 Å². The summed E-state index contributed by atoms with van der Waals surface area (Å²) in [6.45, 7) is 10.3. The second-order valence-electron chi connectivity index (χ2n) is 6.95. The Kier molecular flexibility index (Phi) is 5.45. The summed E-state index contributed by atoms with van der Waals surface area (Å²) in [4.78, 5) is 12.2. The molecule has 0 fully saturated rings. The van der Waals surface area contributed by atoms with Crippen LogP contribution in [0.15, 0.2) is 47.6 Å². The van der Waals surface area contributed by atoms with Crippen molar-refractivity contribution >= 4 is 23.2 Å². The number of amides is 1. The molecule has 0 radical (unpaired) electrons. The molecule has 2 aromatic rings. The van der Waals surface area contributed by atoms with Crippen molar-refractivity contribution < 1.29 is 4.79 Å². The Labute approximate surface area is 148 Å². The summed E-state index contributed by atoms with van der Waals surface area (Å²) in [5.74, 6) is -0.314. The molecule has 2 rings (SSSR count). The van der Waals surface area contributed by atoms with Gasteiger partial charge in [0, 0.05) is 0 Å². The number of hydrogen-bond donors (Lipinski definition) is 1. The van der Waals surface area contributed by atoms with Crippen molar-refractivity contribution in [1.82, 2.24) is 5.43 Å². The van der Waals surface area contributed by atoms with Gasteiger partial charge in [-0.15, -0.1) is 0 Å². The fraction of sp³-hybridized carbons (Fsp3) is 0.300. The average Bonchev–Trinajstić information content (AvgIpc) is 2.51. The first-order valence-corrected chi connectivity index (χ1v) is 8.28. The smallest absolute Gasteiger partial charge is 0.267 e. The number of benzene rings is 2. The van der Waals surface area contributed by atoms with Crippen LogP contribution in [-0.2, 0) is 5.41 Å². The highest BCUT2D eigenvalue weighted by Gasteiger charge is 2.13. The van der Waals surface area contributed by atoms with Gasteiger partial charge in [0.05, 0.1) is 16.3 Å². The molecule has 1 amide bonds. The van der Waals surface area contributed by atoms with Crippen LogP contribution in [0.5, 0.6) is 0 Å². The van der Waals surface area contributed by atoms with Crippen molar-refractivity contribution in [1.29, 1.82) is 0 Å². The largest absolute Gasteiger partial charge is 0.272 e. The van der Waals surface area contributed by atoms with Gasteiger partial charge in [0.25, 0.3) is 5.91 Å². The number of nitrogens with one attached hydrogen (secondary N) is 1. The van der Waals surface area contributed by atoms with Gasteiger partial charge in [-0.05, 0) is 48.1 Å². The van der Waals surface area contributed by atoms with Gasteiger partial charge in [0.1, 0.15) is 0 Å². The second kappa shape index (κ2) is 7.18. The Morgan fingerprint density at radius 1 is 1.08 bits per heavy atom. The molecule has 2 aromatic carbocycles. The normalized spacial score (nSPS) is 12.2. The van der Waals surface area contributed by atoms with Gasteiger partial charge in [-0.3, -0.25) is 4.79 Å². The molecule has 0 atom stereocenters. The molecule has 0 saturated heterocycles. The molecule has 0 aliphatic heterocycles. The first-order chi connectivity index (χ1) is 11.2. The summed E-state index contributed by atoms with van der Waals surface area (Å²) in [5, 5.41) is 4.61. The maximum absolute atomic E-state index is 12.2. The van der Waals surface area contributed by atoms with E-state index in [0.29, 0.717) is 10.6 Å². The van der Waals surface area contributed by atoms with Crippen molar-refractivity contribution in [2.45, 2.75) is 40.0 Å². The molecule has 0 unspecified atom stereocenters. The van der Waals surface area contributed by atoms with Crippen LogP contribution in [0, 0.1) is 6.92 Å². The van der Waals surface area contributed by atoms with Gasteiger partial charge in [0.2, 0.25) is 0 Å². The van der Waals surface area contributed by atoms with Crippen LogP contribution in [0.25, 0.3) is 0 Å². The van der Waals surface area contributed by atoms with E-state index in [-0.39, 0.29) is 11.3 Å². The monoisotopic (exact) mass is 342 g/mol.